The molecular formula is C17H22FN3. The van der Waals surface area contributed by atoms with Crippen molar-refractivity contribution < 1.29 is 4.39 Å². The van der Waals surface area contributed by atoms with Gasteiger partial charge < -0.3 is 5.32 Å². The third-order valence-corrected chi connectivity index (χ3v) is 3.90. The van der Waals surface area contributed by atoms with Gasteiger partial charge in [0.05, 0.1) is 0 Å². The number of aromatic nitrogens is 2. The van der Waals surface area contributed by atoms with Crippen molar-refractivity contribution in [1.29, 1.82) is 0 Å². The minimum Gasteiger partial charge on any atom is -0.316 e. The van der Waals surface area contributed by atoms with Crippen molar-refractivity contribution in [2.24, 2.45) is 0 Å². The molecule has 0 saturated carbocycles. The first-order valence-corrected chi connectivity index (χ1v) is 7.11. The summed E-state index contributed by atoms with van der Waals surface area (Å²) in [5.74, 6) is 0.538. The Labute approximate surface area is 125 Å². The number of hydrogen-bond donors (Lipinski definition) is 1. The maximum absolute atomic E-state index is 13.1. The second kappa shape index (κ2) is 5.90. The van der Waals surface area contributed by atoms with Gasteiger partial charge in [0.25, 0.3) is 0 Å². The van der Waals surface area contributed by atoms with Crippen molar-refractivity contribution in [2.75, 3.05) is 7.05 Å². The molecular weight excluding hydrogens is 265 g/mol. The van der Waals surface area contributed by atoms with Crippen LogP contribution in [0.15, 0.2) is 24.3 Å². The number of benzene rings is 1. The molecule has 0 amide bonds. The maximum Gasteiger partial charge on any atom is 0.138 e. The highest BCUT2D eigenvalue weighted by Crippen LogP contribution is 2.30. The molecule has 1 aromatic carbocycles. The third-order valence-electron chi connectivity index (χ3n) is 3.90. The lowest BCUT2D eigenvalue weighted by Crippen LogP contribution is -2.24. The fraction of sp³-hybridized carbons (Fsp3) is 0.412. The highest BCUT2D eigenvalue weighted by molar-refractivity contribution is 5.34. The van der Waals surface area contributed by atoms with Gasteiger partial charge in [-0.05, 0) is 52.4 Å². The van der Waals surface area contributed by atoms with Crippen LogP contribution in [0.3, 0.4) is 0 Å². The molecule has 0 fully saturated rings. The quantitative estimate of drug-likeness (QED) is 0.937. The molecule has 1 N–H and O–H groups in total. The van der Waals surface area contributed by atoms with E-state index in [-0.39, 0.29) is 11.2 Å². The fourth-order valence-corrected chi connectivity index (χ4v) is 2.45. The van der Waals surface area contributed by atoms with Crippen LogP contribution in [0.2, 0.25) is 0 Å². The summed E-state index contributed by atoms with van der Waals surface area (Å²) in [5, 5.41) is 3.14. The molecule has 3 nitrogen and oxygen atoms in total. The van der Waals surface area contributed by atoms with E-state index < -0.39 is 0 Å². The second-order valence-electron chi connectivity index (χ2n) is 5.86. The van der Waals surface area contributed by atoms with Crippen LogP contribution in [0.1, 0.15) is 42.2 Å². The lowest BCUT2D eigenvalue weighted by Gasteiger charge is -2.25. The van der Waals surface area contributed by atoms with E-state index >= 15 is 0 Å². The summed E-state index contributed by atoms with van der Waals surface area (Å²) < 4.78 is 13.1. The number of hydrogen-bond acceptors (Lipinski definition) is 3. The summed E-state index contributed by atoms with van der Waals surface area (Å²) in [5.41, 5.74) is 3.76. The molecule has 0 aliphatic heterocycles. The Hall–Kier alpha value is -1.81. The first-order chi connectivity index (χ1) is 9.86. The molecule has 2 aromatic rings. The molecule has 21 heavy (non-hydrogen) atoms. The van der Waals surface area contributed by atoms with Crippen molar-refractivity contribution in [2.45, 2.75) is 39.7 Å². The van der Waals surface area contributed by atoms with Gasteiger partial charge in [0.15, 0.2) is 0 Å². The van der Waals surface area contributed by atoms with E-state index in [4.69, 9.17) is 0 Å². The van der Waals surface area contributed by atoms with Crippen molar-refractivity contribution >= 4 is 0 Å². The van der Waals surface area contributed by atoms with Crippen LogP contribution in [-0.4, -0.2) is 17.0 Å². The van der Waals surface area contributed by atoms with Gasteiger partial charge in [0.2, 0.25) is 0 Å². The van der Waals surface area contributed by atoms with Crippen molar-refractivity contribution in [1.82, 2.24) is 15.3 Å². The molecule has 1 aromatic heterocycles. The van der Waals surface area contributed by atoms with Crippen molar-refractivity contribution in [3.8, 4) is 0 Å². The van der Waals surface area contributed by atoms with Crippen LogP contribution < -0.4 is 5.32 Å². The first kappa shape index (κ1) is 15.6. The third kappa shape index (κ3) is 3.10. The van der Waals surface area contributed by atoms with E-state index in [1.807, 2.05) is 20.9 Å². The van der Waals surface area contributed by atoms with Crippen molar-refractivity contribution in [3.63, 3.8) is 0 Å². The number of aryl methyl sites for hydroxylation is 2. The van der Waals surface area contributed by atoms with E-state index in [9.17, 15) is 4.39 Å². The summed E-state index contributed by atoms with van der Waals surface area (Å²) in [6.45, 7) is 8.89. The Kier molecular flexibility index (Phi) is 4.37. The summed E-state index contributed by atoms with van der Waals surface area (Å²) in [6, 6.07) is 6.55. The van der Waals surface area contributed by atoms with E-state index in [0.717, 1.165) is 34.9 Å². The smallest absolute Gasteiger partial charge is 0.138 e. The number of nitrogens with zero attached hydrogens (tertiary/aromatic N) is 2. The number of rotatable bonds is 4. The van der Waals surface area contributed by atoms with Crippen LogP contribution in [0, 0.1) is 19.7 Å². The molecule has 0 atom stereocenters. The normalized spacial score (nSPS) is 11.7. The Balaban J connectivity index is 2.47. The Morgan fingerprint density at radius 3 is 2.05 bits per heavy atom. The largest absolute Gasteiger partial charge is 0.316 e. The lowest BCUT2D eigenvalue weighted by atomic mass is 9.83. The summed E-state index contributed by atoms with van der Waals surface area (Å²) in [4.78, 5) is 9.36. The average molecular weight is 287 g/mol. The van der Waals surface area contributed by atoms with Crippen LogP contribution in [0.5, 0.6) is 0 Å². The minimum atomic E-state index is -0.360. The SMILES string of the molecule is CNCc1c(C)nc(C(C)(C)c2ccc(F)cc2)nc1C. The van der Waals surface area contributed by atoms with Gasteiger partial charge in [0, 0.05) is 28.9 Å². The van der Waals surface area contributed by atoms with Gasteiger partial charge in [-0.1, -0.05) is 12.1 Å². The van der Waals surface area contributed by atoms with E-state index in [1.165, 1.54) is 12.1 Å². The van der Waals surface area contributed by atoms with Crippen LogP contribution in [0.25, 0.3) is 0 Å². The van der Waals surface area contributed by atoms with Crippen molar-refractivity contribution in [3.05, 3.63) is 58.4 Å². The van der Waals surface area contributed by atoms with Gasteiger partial charge in [-0.3, -0.25) is 0 Å². The highest BCUT2D eigenvalue weighted by atomic mass is 19.1. The van der Waals surface area contributed by atoms with E-state index in [2.05, 4.69) is 29.1 Å². The van der Waals surface area contributed by atoms with Crippen LogP contribution >= 0.6 is 0 Å². The molecule has 0 aliphatic rings. The van der Waals surface area contributed by atoms with Gasteiger partial charge in [-0.15, -0.1) is 0 Å². The number of nitrogens with one attached hydrogen (secondary N) is 1. The van der Waals surface area contributed by atoms with Gasteiger partial charge in [-0.2, -0.15) is 0 Å². The molecule has 0 spiro atoms. The predicted octanol–water partition coefficient (Wildman–Crippen LogP) is 3.28. The Morgan fingerprint density at radius 1 is 1.05 bits per heavy atom. The lowest BCUT2D eigenvalue weighted by molar-refractivity contribution is 0.575. The monoisotopic (exact) mass is 287 g/mol. The van der Waals surface area contributed by atoms with E-state index in [1.54, 1.807) is 12.1 Å². The summed E-state index contributed by atoms with van der Waals surface area (Å²) in [7, 11) is 1.91. The fourth-order valence-electron chi connectivity index (χ4n) is 2.45. The predicted molar refractivity (Wildman–Crippen MR) is 82.8 cm³/mol. The first-order valence-electron chi connectivity index (χ1n) is 7.11. The average Bonchev–Trinajstić information content (AvgIpc) is 2.43. The zero-order valence-corrected chi connectivity index (χ0v) is 13.3. The molecule has 0 unspecified atom stereocenters. The maximum atomic E-state index is 13.1. The minimum absolute atomic E-state index is 0.229. The molecule has 112 valence electrons. The number of halogens is 1. The second-order valence-corrected chi connectivity index (χ2v) is 5.86. The topological polar surface area (TPSA) is 37.8 Å². The van der Waals surface area contributed by atoms with Gasteiger partial charge in [0.1, 0.15) is 11.6 Å². The molecule has 0 saturated heterocycles. The van der Waals surface area contributed by atoms with Crippen LogP contribution in [-0.2, 0) is 12.0 Å². The molecule has 0 radical (unpaired) electrons. The van der Waals surface area contributed by atoms with Gasteiger partial charge >= 0.3 is 0 Å². The zero-order chi connectivity index (χ0) is 15.6. The Morgan fingerprint density at radius 2 is 1.57 bits per heavy atom. The standard InChI is InChI=1S/C17H22FN3/c1-11-15(10-19-5)12(2)21-16(20-11)17(3,4)13-6-8-14(18)9-7-13/h6-9,19H,10H2,1-5H3. The highest BCUT2D eigenvalue weighted by Gasteiger charge is 2.27. The Bertz CT molecular complexity index is 610. The summed E-state index contributed by atoms with van der Waals surface area (Å²) in [6.07, 6.45) is 0. The molecule has 1 heterocycles. The summed E-state index contributed by atoms with van der Waals surface area (Å²) >= 11 is 0. The zero-order valence-electron chi connectivity index (χ0n) is 13.3. The molecule has 2 rings (SSSR count). The van der Waals surface area contributed by atoms with Crippen LogP contribution in [0.4, 0.5) is 4.39 Å². The molecule has 0 bridgehead atoms. The van der Waals surface area contributed by atoms with E-state index in [0.29, 0.717) is 0 Å². The molecule has 4 heteroatoms. The molecule has 0 aliphatic carbocycles. The van der Waals surface area contributed by atoms with Gasteiger partial charge in [-0.25, -0.2) is 14.4 Å².